The highest BCUT2D eigenvalue weighted by Gasteiger charge is 2.27. The van der Waals surface area contributed by atoms with Crippen LogP contribution in [0.15, 0.2) is 18.2 Å². The largest absolute Gasteiger partial charge is 0.490 e. The number of anilines is 1. The van der Waals surface area contributed by atoms with Crippen molar-refractivity contribution in [1.82, 2.24) is 0 Å². The molecule has 0 saturated heterocycles. The van der Waals surface area contributed by atoms with E-state index < -0.39 is 11.3 Å². The summed E-state index contributed by atoms with van der Waals surface area (Å²) >= 11 is -0.197. The maximum Gasteiger partial charge on any atom is 0.441 e. The minimum atomic E-state index is -4.28. The first-order chi connectivity index (χ1) is 7.38. The van der Waals surface area contributed by atoms with Gasteiger partial charge in [0.2, 0.25) is 0 Å². The summed E-state index contributed by atoms with van der Waals surface area (Å²) in [6, 6.07) is 3.47. The Labute approximate surface area is 93.8 Å². The second kappa shape index (κ2) is 5.29. The second-order valence-electron chi connectivity index (χ2n) is 2.82. The minimum absolute atomic E-state index is 0.0581. The predicted molar refractivity (Wildman–Crippen MR) is 54.8 cm³/mol. The van der Waals surface area contributed by atoms with Crippen LogP contribution in [-0.4, -0.2) is 17.9 Å². The van der Waals surface area contributed by atoms with Gasteiger partial charge in [0.05, 0.1) is 12.3 Å². The molecule has 0 aliphatic heterocycles. The molecule has 90 valence electrons. The van der Waals surface area contributed by atoms with Crippen LogP contribution in [0.3, 0.4) is 0 Å². The van der Waals surface area contributed by atoms with Crippen LogP contribution in [0.25, 0.3) is 0 Å². The van der Waals surface area contributed by atoms with Crippen LogP contribution in [0.1, 0.15) is 0 Å². The van der Waals surface area contributed by atoms with Gasteiger partial charge in [-0.3, -0.25) is 0 Å². The number of hydrogen-bond acceptors (Lipinski definition) is 3. The molecule has 0 radical (unpaired) electrons. The highest BCUT2D eigenvalue weighted by atomic mass is 32.2. The number of halogens is 4. The molecule has 0 atom stereocenters. The first-order valence-electron chi connectivity index (χ1n) is 4.27. The van der Waals surface area contributed by atoms with Crippen molar-refractivity contribution in [3.8, 4) is 5.75 Å². The summed E-state index contributed by atoms with van der Waals surface area (Å²) in [6.07, 6.45) is 0. The molecular formula is C9H9F4NOS. The predicted octanol–water partition coefficient (Wildman–Crippen LogP) is 3.04. The van der Waals surface area contributed by atoms with E-state index in [1.165, 1.54) is 6.07 Å². The number of hydrogen-bond donors (Lipinski definition) is 1. The van der Waals surface area contributed by atoms with Crippen molar-refractivity contribution >= 4 is 17.4 Å². The third-order valence-corrected chi connectivity index (χ3v) is 2.28. The summed E-state index contributed by atoms with van der Waals surface area (Å²) in [5.41, 5.74) is 1.35. The van der Waals surface area contributed by atoms with Gasteiger partial charge < -0.3 is 10.5 Å². The van der Waals surface area contributed by atoms with Gasteiger partial charge in [0.25, 0.3) is 0 Å². The van der Waals surface area contributed by atoms with Gasteiger partial charge in [-0.25, -0.2) is 4.39 Å². The summed E-state index contributed by atoms with van der Waals surface area (Å²) < 4.78 is 52.9. The Morgan fingerprint density at radius 1 is 1.31 bits per heavy atom. The molecule has 7 heteroatoms. The zero-order chi connectivity index (χ0) is 12.2. The zero-order valence-electron chi connectivity index (χ0n) is 8.05. The molecule has 0 aliphatic rings. The molecule has 0 spiro atoms. The van der Waals surface area contributed by atoms with E-state index in [0.29, 0.717) is 0 Å². The van der Waals surface area contributed by atoms with Crippen molar-refractivity contribution in [2.24, 2.45) is 0 Å². The zero-order valence-corrected chi connectivity index (χ0v) is 8.87. The first kappa shape index (κ1) is 13.0. The normalized spacial score (nSPS) is 11.5. The lowest BCUT2D eigenvalue weighted by molar-refractivity contribution is -0.0329. The Morgan fingerprint density at radius 3 is 2.62 bits per heavy atom. The molecule has 0 bridgehead atoms. The van der Waals surface area contributed by atoms with Crippen molar-refractivity contribution < 1.29 is 22.3 Å². The summed E-state index contributed by atoms with van der Waals surface area (Å²) in [5.74, 6) is -0.755. The van der Waals surface area contributed by atoms with E-state index >= 15 is 0 Å². The number of alkyl halides is 3. The number of thioether (sulfide) groups is 1. The Bertz CT molecular complexity index is 356. The average molecular weight is 255 g/mol. The van der Waals surface area contributed by atoms with Crippen molar-refractivity contribution in [1.29, 1.82) is 0 Å². The summed E-state index contributed by atoms with van der Waals surface area (Å²) in [4.78, 5) is 0. The molecule has 0 aliphatic carbocycles. The molecule has 0 amide bonds. The third kappa shape index (κ3) is 4.61. The fraction of sp³-hybridized carbons (Fsp3) is 0.333. The lowest BCUT2D eigenvalue weighted by Crippen LogP contribution is -2.08. The highest BCUT2D eigenvalue weighted by molar-refractivity contribution is 8.00. The molecule has 1 rings (SSSR count). The van der Waals surface area contributed by atoms with Crippen molar-refractivity contribution in [2.45, 2.75) is 5.51 Å². The summed E-state index contributed by atoms with van der Waals surface area (Å²) in [7, 11) is 0. The Balaban J connectivity index is 2.40. The maximum atomic E-state index is 12.7. The lowest BCUT2D eigenvalue weighted by Gasteiger charge is -2.09. The Morgan fingerprint density at radius 2 is 2.00 bits per heavy atom. The minimum Gasteiger partial charge on any atom is -0.490 e. The van der Waals surface area contributed by atoms with Crippen LogP contribution >= 0.6 is 11.8 Å². The number of nitrogen functional groups attached to an aromatic ring is 1. The van der Waals surface area contributed by atoms with Crippen LogP contribution in [0.5, 0.6) is 5.75 Å². The molecule has 0 fully saturated rings. The van der Waals surface area contributed by atoms with E-state index in [9.17, 15) is 17.6 Å². The number of nitrogens with two attached hydrogens (primary N) is 1. The van der Waals surface area contributed by atoms with Gasteiger partial charge >= 0.3 is 5.51 Å². The van der Waals surface area contributed by atoms with Crippen LogP contribution < -0.4 is 10.5 Å². The Hall–Kier alpha value is -1.11. The van der Waals surface area contributed by atoms with Gasteiger partial charge in [-0.15, -0.1) is 0 Å². The van der Waals surface area contributed by atoms with E-state index in [0.717, 1.165) is 12.1 Å². The number of benzene rings is 1. The van der Waals surface area contributed by atoms with E-state index in [1.54, 1.807) is 0 Å². The van der Waals surface area contributed by atoms with Gasteiger partial charge in [-0.05, 0) is 23.9 Å². The highest BCUT2D eigenvalue weighted by Crippen LogP contribution is 2.30. The molecule has 0 aromatic heterocycles. The van der Waals surface area contributed by atoms with Gasteiger partial charge in [-0.2, -0.15) is 13.2 Å². The fourth-order valence-electron chi connectivity index (χ4n) is 0.942. The van der Waals surface area contributed by atoms with Gasteiger partial charge in [0, 0.05) is 11.8 Å². The van der Waals surface area contributed by atoms with E-state index in [1.807, 2.05) is 0 Å². The number of rotatable bonds is 4. The molecule has 0 saturated carbocycles. The number of ether oxygens (including phenoxy) is 1. The monoisotopic (exact) mass is 255 g/mol. The van der Waals surface area contributed by atoms with E-state index in [-0.39, 0.29) is 35.6 Å². The molecular weight excluding hydrogens is 246 g/mol. The van der Waals surface area contributed by atoms with Crippen LogP contribution in [0, 0.1) is 5.82 Å². The summed E-state index contributed by atoms with van der Waals surface area (Å²) in [5, 5.41) is 0. The van der Waals surface area contributed by atoms with E-state index in [2.05, 4.69) is 0 Å². The van der Waals surface area contributed by atoms with Crippen molar-refractivity contribution in [2.75, 3.05) is 18.1 Å². The van der Waals surface area contributed by atoms with Crippen LogP contribution in [0.2, 0.25) is 0 Å². The van der Waals surface area contributed by atoms with Gasteiger partial charge in [-0.1, -0.05) is 0 Å². The second-order valence-corrected chi connectivity index (χ2v) is 3.98. The van der Waals surface area contributed by atoms with E-state index in [4.69, 9.17) is 10.5 Å². The van der Waals surface area contributed by atoms with Crippen molar-refractivity contribution in [3.05, 3.63) is 24.0 Å². The molecule has 2 nitrogen and oxygen atoms in total. The first-order valence-corrected chi connectivity index (χ1v) is 5.25. The smallest absolute Gasteiger partial charge is 0.441 e. The Kier molecular flexibility index (Phi) is 4.28. The average Bonchev–Trinajstić information content (AvgIpc) is 2.16. The van der Waals surface area contributed by atoms with Gasteiger partial charge in [0.1, 0.15) is 11.6 Å². The molecule has 0 heterocycles. The lowest BCUT2D eigenvalue weighted by atomic mass is 10.3. The van der Waals surface area contributed by atoms with Crippen LogP contribution in [-0.2, 0) is 0 Å². The quantitative estimate of drug-likeness (QED) is 0.510. The van der Waals surface area contributed by atoms with Crippen molar-refractivity contribution in [3.63, 3.8) is 0 Å². The standard InChI is InChI=1S/C9H9F4NOS/c10-6-1-2-7(14)8(5-6)15-3-4-16-9(11,12)13/h1-2,5H,3-4,14H2. The molecule has 0 unspecified atom stereocenters. The molecule has 16 heavy (non-hydrogen) atoms. The molecule has 1 aromatic carbocycles. The van der Waals surface area contributed by atoms with Gasteiger partial charge in [0.15, 0.2) is 0 Å². The molecule has 1 aromatic rings. The SMILES string of the molecule is Nc1ccc(F)cc1OCCSC(F)(F)F. The molecule has 2 N–H and O–H groups in total. The fourth-order valence-corrected chi connectivity index (χ4v) is 1.34. The topological polar surface area (TPSA) is 35.2 Å². The summed E-state index contributed by atoms with van der Waals surface area (Å²) in [6.45, 7) is -0.183. The maximum absolute atomic E-state index is 12.7. The third-order valence-electron chi connectivity index (χ3n) is 1.58. The van der Waals surface area contributed by atoms with Crippen LogP contribution in [0.4, 0.5) is 23.2 Å².